The molecule has 1 aliphatic carbocycles. The van der Waals surface area contributed by atoms with Gasteiger partial charge < -0.3 is 9.47 Å². The lowest BCUT2D eigenvalue weighted by Crippen LogP contribution is -2.18. The highest BCUT2D eigenvalue weighted by Crippen LogP contribution is 2.50. The van der Waals surface area contributed by atoms with Crippen LogP contribution in [0.25, 0.3) is 49.4 Å². The first-order valence-electron chi connectivity index (χ1n) is 17.4. The Bertz CT molecular complexity index is 2510. The van der Waals surface area contributed by atoms with Gasteiger partial charge in [-0.2, -0.15) is 0 Å². The second-order valence-corrected chi connectivity index (χ2v) is 15.0. The van der Waals surface area contributed by atoms with Gasteiger partial charge in [0, 0.05) is 33.2 Å². The first-order valence-corrected chi connectivity index (χ1v) is 17.4. The van der Waals surface area contributed by atoms with Gasteiger partial charge in [-0.25, -0.2) is 0 Å². The molecule has 1 aliphatic rings. The van der Waals surface area contributed by atoms with E-state index in [0.717, 1.165) is 23.5 Å². The van der Waals surface area contributed by atoms with Crippen molar-refractivity contribution in [3.8, 4) is 16.8 Å². The molecule has 9 rings (SSSR count). The van der Waals surface area contributed by atoms with Crippen LogP contribution in [-0.2, 0) is 10.8 Å². The van der Waals surface area contributed by atoms with Crippen LogP contribution in [0.4, 0.5) is 17.1 Å². The number of aromatic nitrogens is 1. The van der Waals surface area contributed by atoms with E-state index in [1.165, 1.54) is 60.5 Å². The van der Waals surface area contributed by atoms with E-state index in [0.29, 0.717) is 0 Å². The Labute approximate surface area is 288 Å². The quantitative estimate of drug-likeness (QED) is 0.183. The average Bonchev–Trinajstić information content (AvgIpc) is 3.55. The van der Waals surface area contributed by atoms with Gasteiger partial charge in [0.25, 0.3) is 0 Å². The number of nitrogens with zero attached hydrogens (tertiary/aromatic N) is 2. The number of benzene rings is 7. The van der Waals surface area contributed by atoms with E-state index >= 15 is 0 Å². The second-order valence-electron chi connectivity index (χ2n) is 15.0. The molecule has 0 spiro atoms. The van der Waals surface area contributed by atoms with Gasteiger partial charge in [-0.1, -0.05) is 137 Å². The number of hydrogen-bond donors (Lipinski definition) is 0. The highest BCUT2D eigenvalue weighted by Gasteiger charge is 2.41. The Kier molecular flexibility index (Phi) is 6.61. The van der Waals surface area contributed by atoms with Crippen molar-refractivity contribution in [2.24, 2.45) is 0 Å². The van der Waals surface area contributed by atoms with Crippen LogP contribution in [0, 0.1) is 0 Å². The maximum Gasteiger partial charge on any atom is 0.0561 e. The summed E-state index contributed by atoms with van der Waals surface area (Å²) in [6.07, 6.45) is 1.15. The average molecular weight is 633 g/mol. The lowest BCUT2D eigenvalue weighted by Gasteiger charge is -2.27. The lowest BCUT2D eigenvalue weighted by atomic mass is 9.82. The summed E-state index contributed by atoms with van der Waals surface area (Å²) in [4.78, 5) is 2.42. The van der Waals surface area contributed by atoms with Crippen molar-refractivity contribution < 1.29 is 0 Å². The van der Waals surface area contributed by atoms with Crippen LogP contribution in [0.1, 0.15) is 45.2 Å². The molecule has 2 heteroatoms. The topological polar surface area (TPSA) is 8.17 Å². The monoisotopic (exact) mass is 632 g/mol. The standard InChI is InChI=1S/C47H40N2/c1-46(2)31-47(3,4)42-29-36(26-28-41(42)46)49-44-19-11-10-18-39(44)40-27-25-37(30-45(40)49)48(43-20-12-16-34-15-8-9-17-38(34)43)35-23-21-33(22-24-35)32-13-6-5-7-14-32/h5-30H,31H2,1-4H3. The second kappa shape index (κ2) is 11.0. The number of hydrogen-bond acceptors (Lipinski definition) is 1. The zero-order valence-electron chi connectivity index (χ0n) is 28.6. The minimum absolute atomic E-state index is 0.121. The van der Waals surface area contributed by atoms with Crippen molar-refractivity contribution in [3.63, 3.8) is 0 Å². The molecule has 0 atom stereocenters. The molecule has 7 aromatic carbocycles. The third-order valence-electron chi connectivity index (χ3n) is 10.8. The molecule has 1 heterocycles. The van der Waals surface area contributed by atoms with E-state index in [-0.39, 0.29) is 10.8 Å². The number of anilines is 3. The molecule has 0 amide bonds. The molecule has 2 nitrogen and oxygen atoms in total. The highest BCUT2D eigenvalue weighted by atomic mass is 15.1. The van der Waals surface area contributed by atoms with Gasteiger partial charge in [-0.05, 0) is 93.4 Å². The van der Waals surface area contributed by atoms with E-state index in [1.807, 2.05) is 0 Å². The van der Waals surface area contributed by atoms with Gasteiger partial charge in [0.15, 0.2) is 0 Å². The summed E-state index contributed by atoms with van der Waals surface area (Å²) in [5.41, 5.74) is 12.7. The SMILES string of the molecule is CC1(C)CC(C)(C)c2cc(-n3c4ccccc4c4ccc(N(c5ccc(-c6ccccc6)cc5)c5cccc6ccccc56)cc43)ccc21. The van der Waals surface area contributed by atoms with Crippen molar-refractivity contribution >= 4 is 49.6 Å². The third kappa shape index (κ3) is 4.77. The van der Waals surface area contributed by atoms with Gasteiger partial charge >= 0.3 is 0 Å². The van der Waals surface area contributed by atoms with Gasteiger partial charge in [0.05, 0.1) is 16.7 Å². The fourth-order valence-corrected chi connectivity index (χ4v) is 8.76. The molecule has 0 bridgehead atoms. The largest absolute Gasteiger partial charge is 0.310 e. The summed E-state index contributed by atoms with van der Waals surface area (Å²) in [6, 6.07) is 58.0. The first-order chi connectivity index (χ1) is 23.8. The summed E-state index contributed by atoms with van der Waals surface area (Å²) in [7, 11) is 0. The fraction of sp³-hybridized carbons (Fsp3) is 0.149. The van der Waals surface area contributed by atoms with Crippen molar-refractivity contribution in [1.29, 1.82) is 0 Å². The Balaban J connectivity index is 1.28. The Morgan fingerprint density at radius 1 is 0.469 bits per heavy atom. The van der Waals surface area contributed by atoms with Crippen LogP contribution in [-0.4, -0.2) is 4.57 Å². The molecule has 238 valence electrons. The minimum Gasteiger partial charge on any atom is -0.310 e. The molecule has 0 unspecified atom stereocenters. The number of fused-ring (bicyclic) bond motifs is 5. The summed E-state index contributed by atoms with van der Waals surface area (Å²) >= 11 is 0. The molecule has 0 aliphatic heterocycles. The molecule has 1 aromatic heterocycles. The maximum atomic E-state index is 2.48. The molecule has 0 fully saturated rings. The van der Waals surface area contributed by atoms with E-state index in [9.17, 15) is 0 Å². The summed E-state index contributed by atoms with van der Waals surface area (Å²) in [6.45, 7) is 9.58. The van der Waals surface area contributed by atoms with Gasteiger partial charge in [0.2, 0.25) is 0 Å². The number of rotatable bonds is 5. The fourth-order valence-electron chi connectivity index (χ4n) is 8.76. The van der Waals surface area contributed by atoms with Gasteiger partial charge in [0.1, 0.15) is 0 Å². The molecule has 0 saturated heterocycles. The van der Waals surface area contributed by atoms with E-state index in [1.54, 1.807) is 0 Å². The molecule has 0 radical (unpaired) electrons. The van der Waals surface area contributed by atoms with Gasteiger partial charge in [-0.3, -0.25) is 0 Å². The molecule has 8 aromatic rings. The molecule has 0 N–H and O–H groups in total. The molecule has 0 saturated carbocycles. The van der Waals surface area contributed by atoms with Crippen molar-refractivity contribution in [3.05, 3.63) is 169 Å². The van der Waals surface area contributed by atoms with Crippen molar-refractivity contribution in [2.45, 2.75) is 44.9 Å². The molecule has 49 heavy (non-hydrogen) atoms. The van der Waals surface area contributed by atoms with Crippen molar-refractivity contribution in [1.82, 2.24) is 4.57 Å². The molecular formula is C47H40N2. The van der Waals surface area contributed by atoms with Gasteiger partial charge in [-0.15, -0.1) is 0 Å². The van der Waals surface area contributed by atoms with Crippen LogP contribution in [0.5, 0.6) is 0 Å². The molecular weight excluding hydrogens is 593 g/mol. The predicted octanol–water partition coefficient (Wildman–Crippen LogP) is 13.0. The minimum atomic E-state index is 0.121. The lowest BCUT2D eigenvalue weighted by molar-refractivity contribution is 0.403. The predicted molar refractivity (Wildman–Crippen MR) is 209 cm³/mol. The first kappa shape index (κ1) is 29.5. The third-order valence-corrected chi connectivity index (χ3v) is 10.8. The van der Waals surface area contributed by atoms with Crippen LogP contribution >= 0.6 is 0 Å². The van der Waals surface area contributed by atoms with E-state index in [2.05, 4.69) is 195 Å². The maximum absolute atomic E-state index is 2.48. The zero-order chi connectivity index (χ0) is 33.3. The Morgan fingerprint density at radius 2 is 1.10 bits per heavy atom. The van der Waals surface area contributed by atoms with E-state index < -0.39 is 0 Å². The number of para-hydroxylation sites is 1. The Morgan fingerprint density at radius 3 is 1.92 bits per heavy atom. The summed E-state index contributed by atoms with van der Waals surface area (Å²) in [5.74, 6) is 0. The van der Waals surface area contributed by atoms with Crippen LogP contribution in [0.2, 0.25) is 0 Å². The van der Waals surface area contributed by atoms with Crippen LogP contribution in [0.15, 0.2) is 158 Å². The summed E-state index contributed by atoms with van der Waals surface area (Å²) in [5, 5.41) is 4.98. The van der Waals surface area contributed by atoms with Crippen molar-refractivity contribution in [2.75, 3.05) is 4.90 Å². The van der Waals surface area contributed by atoms with Crippen LogP contribution < -0.4 is 4.90 Å². The smallest absolute Gasteiger partial charge is 0.0561 e. The normalized spacial score (nSPS) is 14.8. The zero-order valence-corrected chi connectivity index (χ0v) is 28.6. The Hall–Kier alpha value is -5.60. The summed E-state index contributed by atoms with van der Waals surface area (Å²) < 4.78 is 2.48. The van der Waals surface area contributed by atoms with Crippen LogP contribution in [0.3, 0.4) is 0 Å². The highest BCUT2D eigenvalue weighted by molar-refractivity contribution is 6.11. The van der Waals surface area contributed by atoms with E-state index in [4.69, 9.17) is 0 Å².